The normalized spacial score (nSPS) is 37.2. The number of nitrogens with one attached hydrogen (secondary N) is 1. The van der Waals surface area contributed by atoms with E-state index in [1.807, 2.05) is 0 Å². The van der Waals surface area contributed by atoms with Gasteiger partial charge in [-0.3, -0.25) is 14.3 Å². The van der Waals surface area contributed by atoms with Crippen molar-refractivity contribution in [3.05, 3.63) is 0 Å². The molecule has 0 aromatic rings. The van der Waals surface area contributed by atoms with Crippen LogP contribution in [0.3, 0.4) is 0 Å². The van der Waals surface area contributed by atoms with Gasteiger partial charge in [-0.15, -0.1) is 0 Å². The largest absolute Gasteiger partial charge is 0.323 e. The molecule has 5 heteroatoms. The third-order valence-corrected chi connectivity index (χ3v) is 5.39. The van der Waals surface area contributed by atoms with Crippen molar-refractivity contribution in [3.8, 4) is 0 Å². The molecule has 2 heterocycles. The van der Waals surface area contributed by atoms with Crippen molar-refractivity contribution < 1.29 is 9.00 Å². The number of carbonyl (C=O) groups excluding carboxylic acids is 1. The van der Waals surface area contributed by atoms with Crippen LogP contribution in [0.15, 0.2) is 0 Å². The van der Waals surface area contributed by atoms with Crippen molar-refractivity contribution in [2.75, 3.05) is 11.5 Å². The van der Waals surface area contributed by atoms with E-state index in [2.05, 4.69) is 24.1 Å². The Morgan fingerprint density at radius 2 is 2.00 bits per heavy atom. The number of hydrogen-bond donors (Lipinski definition) is 1. The van der Waals surface area contributed by atoms with E-state index in [-0.39, 0.29) is 18.1 Å². The minimum absolute atomic E-state index is 0.00558. The topological polar surface area (TPSA) is 49.4 Å². The van der Waals surface area contributed by atoms with Gasteiger partial charge in [0.05, 0.1) is 12.2 Å². The highest BCUT2D eigenvalue weighted by atomic mass is 32.2. The SMILES string of the molecule is CCCC1NC(CC)C(=O)N1C1CCS(=O)CC1. The summed E-state index contributed by atoms with van der Waals surface area (Å²) in [5, 5.41) is 3.45. The quantitative estimate of drug-likeness (QED) is 0.837. The van der Waals surface area contributed by atoms with Gasteiger partial charge in [-0.25, -0.2) is 0 Å². The molecule has 2 aliphatic rings. The van der Waals surface area contributed by atoms with Gasteiger partial charge in [0.25, 0.3) is 0 Å². The lowest BCUT2D eigenvalue weighted by atomic mass is 10.1. The molecule has 0 aromatic carbocycles. The molecule has 0 saturated carbocycles. The zero-order chi connectivity index (χ0) is 13.1. The van der Waals surface area contributed by atoms with Crippen LogP contribution in [0.4, 0.5) is 0 Å². The van der Waals surface area contributed by atoms with Crippen LogP contribution in [0.2, 0.25) is 0 Å². The van der Waals surface area contributed by atoms with Gasteiger partial charge in [0.15, 0.2) is 0 Å². The molecule has 0 bridgehead atoms. The van der Waals surface area contributed by atoms with Crippen LogP contribution in [-0.4, -0.2) is 44.8 Å². The lowest BCUT2D eigenvalue weighted by Gasteiger charge is -2.34. The maximum atomic E-state index is 12.4. The molecule has 104 valence electrons. The average Bonchev–Trinajstić information content (AvgIpc) is 2.68. The number of carbonyl (C=O) groups is 1. The Kier molecular flexibility index (Phi) is 4.78. The van der Waals surface area contributed by atoms with Gasteiger partial charge in [0.2, 0.25) is 5.91 Å². The summed E-state index contributed by atoms with van der Waals surface area (Å²) >= 11 is 0. The highest BCUT2D eigenvalue weighted by molar-refractivity contribution is 7.85. The van der Waals surface area contributed by atoms with Crippen molar-refractivity contribution in [1.29, 1.82) is 0 Å². The van der Waals surface area contributed by atoms with Crippen LogP contribution in [0.25, 0.3) is 0 Å². The number of rotatable bonds is 4. The third kappa shape index (κ3) is 2.77. The molecule has 0 radical (unpaired) electrons. The fourth-order valence-corrected chi connectivity index (χ4v) is 4.27. The number of nitrogens with zero attached hydrogens (tertiary/aromatic N) is 1. The van der Waals surface area contributed by atoms with Crippen LogP contribution in [0.1, 0.15) is 46.0 Å². The minimum atomic E-state index is -0.656. The first kappa shape index (κ1) is 14.0. The van der Waals surface area contributed by atoms with Gasteiger partial charge in [0, 0.05) is 28.3 Å². The Hall–Kier alpha value is -0.420. The second kappa shape index (κ2) is 6.15. The van der Waals surface area contributed by atoms with Gasteiger partial charge >= 0.3 is 0 Å². The molecule has 2 unspecified atom stereocenters. The molecule has 1 amide bonds. The lowest BCUT2D eigenvalue weighted by Crippen LogP contribution is -2.47. The molecular formula is C13H24N2O2S. The minimum Gasteiger partial charge on any atom is -0.323 e. The average molecular weight is 272 g/mol. The number of hydrogen-bond acceptors (Lipinski definition) is 3. The summed E-state index contributed by atoms with van der Waals surface area (Å²) in [6.45, 7) is 4.21. The van der Waals surface area contributed by atoms with Crippen LogP contribution < -0.4 is 5.32 Å². The van der Waals surface area contributed by atoms with Crippen molar-refractivity contribution in [2.24, 2.45) is 0 Å². The van der Waals surface area contributed by atoms with E-state index in [4.69, 9.17) is 0 Å². The molecule has 2 aliphatic heterocycles. The smallest absolute Gasteiger partial charge is 0.241 e. The first-order valence-electron chi connectivity index (χ1n) is 7.10. The molecule has 2 rings (SSSR count). The van der Waals surface area contributed by atoms with Gasteiger partial charge in [-0.05, 0) is 25.7 Å². The van der Waals surface area contributed by atoms with Crippen molar-refractivity contribution in [1.82, 2.24) is 10.2 Å². The van der Waals surface area contributed by atoms with Gasteiger partial charge in [-0.2, -0.15) is 0 Å². The molecule has 0 spiro atoms. The Morgan fingerprint density at radius 3 is 2.56 bits per heavy atom. The third-order valence-electron chi connectivity index (χ3n) is 4.00. The van der Waals surface area contributed by atoms with E-state index in [9.17, 15) is 9.00 Å². The molecule has 0 aliphatic carbocycles. The van der Waals surface area contributed by atoms with E-state index in [0.29, 0.717) is 6.04 Å². The zero-order valence-corrected chi connectivity index (χ0v) is 12.2. The highest BCUT2D eigenvalue weighted by Gasteiger charge is 2.41. The molecule has 4 nitrogen and oxygen atoms in total. The number of amides is 1. The van der Waals surface area contributed by atoms with E-state index in [1.165, 1.54) is 0 Å². The second-order valence-corrected chi connectivity index (χ2v) is 6.95. The fraction of sp³-hybridized carbons (Fsp3) is 0.923. The first-order chi connectivity index (χ1) is 8.67. The maximum absolute atomic E-state index is 12.4. The summed E-state index contributed by atoms with van der Waals surface area (Å²) in [5.74, 6) is 1.77. The van der Waals surface area contributed by atoms with Crippen LogP contribution in [0, 0.1) is 0 Å². The first-order valence-corrected chi connectivity index (χ1v) is 8.59. The Bertz CT molecular complexity index is 325. The van der Waals surface area contributed by atoms with Crippen LogP contribution in [0.5, 0.6) is 0 Å². The van der Waals surface area contributed by atoms with Crippen molar-refractivity contribution in [2.45, 2.75) is 64.2 Å². The summed E-state index contributed by atoms with van der Waals surface area (Å²) in [7, 11) is -0.656. The monoisotopic (exact) mass is 272 g/mol. The molecule has 2 saturated heterocycles. The Balaban J connectivity index is 2.07. The Morgan fingerprint density at radius 1 is 1.33 bits per heavy atom. The predicted octanol–water partition coefficient (Wildman–Crippen LogP) is 1.23. The summed E-state index contributed by atoms with van der Waals surface area (Å²) < 4.78 is 11.4. The van der Waals surface area contributed by atoms with E-state index in [0.717, 1.165) is 43.6 Å². The molecule has 1 N–H and O–H groups in total. The predicted molar refractivity (Wildman–Crippen MR) is 73.7 cm³/mol. The van der Waals surface area contributed by atoms with Gasteiger partial charge in [-0.1, -0.05) is 20.3 Å². The van der Waals surface area contributed by atoms with Crippen LogP contribution >= 0.6 is 0 Å². The molecular weight excluding hydrogens is 248 g/mol. The summed E-state index contributed by atoms with van der Waals surface area (Å²) in [5.41, 5.74) is 0. The molecule has 0 aromatic heterocycles. The van der Waals surface area contributed by atoms with E-state index >= 15 is 0 Å². The fourth-order valence-electron chi connectivity index (χ4n) is 3.00. The standard InChI is InChI=1S/C13H24N2O2S/c1-3-5-12-14-11(4-2)13(16)15(12)10-6-8-18(17)9-7-10/h10-12,14H,3-9H2,1-2H3. The molecule has 18 heavy (non-hydrogen) atoms. The maximum Gasteiger partial charge on any atom is 0.241 e. The van der Waals surface area contributed by atoms with Crippen molar-refractivity contribution in [3.63, 3.8) is 0 Å². The second-order valence-electron chi connectivity index (χ2n) is 5.26. The molecule has 2 fully saturated rings. The molecule has 2 atom stereocenters. The van der Waals surface area contributed by atoms with E-state index < -0.39 is 10.8 Å². The van der Waals surface area contributed by atoms with Gasteiger partial charge in [0.1, 0.15) is 0 Å². The summed E-state index contributed by atoms with van der Waals surface area (Å²) in [4.78, 5) is 14.5. The zero-order valence-electron chi connectivity index (χ0n) is 11.4. The Labute approximate surface area is 112 Å². The van der Waals surface area contributed by atoms with Crippen LogP contribution in [-0.2, 0) is 15.6 Å². The van der Waals surface area contributed by atoms with Gasteiger partial charge < -0.3 is 4.90 Å². The van der Waals surface area contributed by atoms with Crippen molar-refractivity contribution >= 4 is 16.7 Å². The highest BCUT2D eigenvalue weighted by Crippen LogP contribution is 2.25. The lowest BCUT2D eigenvalue weighted by molar-refractivity contribution is -0.132. The summed E-state index contributed by atoms with van der Waals surface area (Å²) in [6, 6.07) is 0.296. The summed E-state index contributed by atoms with van der Waals surface area (Å²) in [6.07, 6.45) is 4.95. The van der Waals surface area contributed by atoms with E-state index in [1.54, 1.807) is 0 Å².